The maximum absolute atomic E-state index is 12.6. The number of amides is 2. The molecule has 0 aromatic heterocycles. The number of aliphatic hydroxyl groups is 2. The SMILES string of the molecule is O=C(/C=C/c1ccc(Cl)c(Cl)c1)N1CCC(=O)N(CCN2CC[C@H](O)[C@H]2CO)CC1. The molecule has 2 fully saturated rings. The molecule has 30 heavy (non-hydrogen) atoms. The first-order valence-electron chi connectivity index (χ1n) is 10.1. The number of nitrogens with zero attached hydrogens (tertiary/aromatic N) is 3. The third kappa shape index (κ3) is 5.74. The Morgan fingerprint density at radius 2 is 1.93 bits per heavy atom. The quantitative estimate of drug-likeness (QED) is 0.634. The lowest BCUT2D eigenvalue weighted by atomic mass is 10.2. The van der Waals surface area contributed by atoms with E-state index in [2.05, 4.69) is 0 Å². The van der Waals surface area contributed by atoms with Crippen LogP contribution in [0.15, 0.2) is 24.3 Å². The normalized spacial score (nSPS) is 23.4. The summed E-state index contributed by atoms with van der Waals surface area (Å²) < 4.78 is 0. The van der Waals surface area contributed by atoms with Gasteiger partial charge in [0.05, 0.1) is 28.8 Å². The second-order valence-electron chi connectivity index (χ2n) is 7.60. The third-order valence-corrected chi connectivity index (χ3v) is 6.47. The lowest BCUT2D eigenvalue weighted by molar-refractivity contribution is -0.130. The molecule has 2 N–H and O–H groups in total. The molecule has 2 amide bonds. The highest BCUT2D eigenvalue weighted by Gasteiger charge is 2.32. The zero-order chi connectivity index (χ0) is 21.7. The molecule has 0 saturated carbocycles. The van der Waals surface area contributed by atoms with E-state index in [0.717, 1.165) is 5.56 Å². The molecule has 164 valence electrons. The van der Waals surface area contributed by atoms with Gasteiger partial charge in [-0.15, -0.1) is 0 Å². The molecule has 0 radical (unpaired) electrons. The average molecular weight is 456 g/mol. The van der Waals surface area contributed by atoms with E-state index in [1.54, 1.807) is 34.1 Å². The van der Waals surface area contributed by atoms with E-state index in [4.69, 9.17) is 23.2 Å². The molecule has 1 aromatic rings. The van der Waals surface area contributed by atoms with Crippen molar-refractivity contribution in [3.63, 3.8) is 0 Å². The molecule has 0 bridgehead atoms. The summed E-state index contributed by atoms with van der Waals surface area (Å²) in [4.78, 5) is 30.5. The number of hydrogen-bond donors (Lipinski definition) is 2. The first kappa shape index (κ1) is 23.0. The number of rotatable bonds is 6. The van der Waals surface area contributed by atoms with Crippen LogP contribution in [-0.2, 0) is 9.59 Å². The maximum Gasteiger partial charge on any atom is 0.246 e. The van der Waals surface area contributed by atoms with E-state index in [1.165, 1.54) is 6.08 Å². The predicted octanol–water partition coefficient (Wildman–Crippen LogP) is 1.50. The minimum atomic E-state index is -0.523. The summed E-state index contributed by atoms with van der Waals surface area (Å²) >= 11 is 11.9. The molecule has 2 aliphatic rings. The highest BCUT2D eigenvalue weighted by atomic mass is 35.5. The van der Waals surface area contributed by atoms with Gasteiger partial charge in [-0.3, -0.25) is 14.5 Å². The van der Waals surface area contributed by atoms with Gasteiger partial charge < -0.3 is 20.0 Å². The summed E-state index contributed by atoms with van der Waals surface area (Å²) in [6.07, 6.45) is 3.55. The van der Waals surface area contributed by atoms with Crippen LogP contribution in [0, 0.1) is 0 Å². The zero-order valence-corrected chi connectivity index (χ0v) is 18.2. The van der Waals surface area contributed by atoms with Gasteiger partial charge in [0.15, 0.2) is 0 Å². The summed E-state index contributed by atoms with van der Waals surface area (Å²) in [6.45, 7) is 3.03. The average Bonchev–Trinajstić information content (AvgIpc) is 2.98. The monoisotopic (exact) mass is 455 g/mol. The number of likely N-dealkylation sites (tertiary alicyclic amines) is 1. The van der Waals surface area contributed by atoms with Crippen molar-refractivity contribution in [3.05, 3.63) is 39.9 Å². The Labute approximate surface area is 186 Å². The van der Waals surface area contributed by atoms with Crippen molar-refractivity contribution in [2.24, 2.45) is 0 Å². The van der Waals surface area contributed by atoms with Crippen molar-refractivity contribution in [2.75, 3.05) is 45.9 Å². The van der Waals surface area contributed by atoms with Crippen LogP contribution in [0.1, 0.15) is 18.4 Å². The number of halogens is 2. The molecule has 9 heteroatoms. The predicted molar refractivity (Wildman–Crippen MR) is 116 cm³/mol. The van der Waals surface area contributed by atoms with Crippen molar-refractivity contribution in [1.82, 2.24) is 14.7 Å². The number of carbonyl (C=O) groups excluding carboxylic acids is 2. The summed E-state index contributed by atoms with van der Waals surface area (Å²) in [5.74, 6) is -0.141. The molecule has 2 heterocycles. The molecule has 0 aliphatic carbocycles. The van der Waals surface area contributed by atoms with E-state index in [0.29, 0.717) is 55.7 Å². The smallest absolute Gasteiger partial charge is 0.246 e. The maximum atomic E-state index is 12.6. The zero-order valence-electron chi connectivity index (χ0n) is 16.7. The van der Waals surface area contributed by atoms with E-state index in [-0.39, 0.29) is 30.9 Å². The summed E-state index contributed by atoms with van der Waals surface area (Å²) in [5.41, 5.74) is 0.775. The summed E-state index contributed by atoms with van der Waals surface area (Å²) in [6, 6.07) is 4.88. The molecule has 2 atom stereocenters. The Bertz CT molecular complexity index is 804. The lowest BCUT2D eigenvalue weighted by Gasteiger charge is -2.28. The molecule has 7 nitrogen and oxygen atoms in total. The Hall–Kier alpha value is -1.64. The van der Waals surface area contributed by atoms with Gasteiger partial charge >= 0.3 is 0 Å². The highest BCUT2D eigenvalue weighted by Crippen LogP contribution is 2.23. The molecule has 2 aliphatic heterocycles. The number of hydrogen-bond acceptors (Lipinski definition) is 5. The third-order valence-electron chi connectivity index (χ3n) is 5.73. The van der Waals surface area contributed by atoms with Gasteiger partial charge in [0.1, 0.15) is 0 Å². The molecular weight excluding hydrogens is 429 g/mol. The number of carbonyl (C=O) groups is 2. The van der Waals surface area contributed by atoms with Gasteiger partial charge in [-0.2, -0.15) is 0 Å². The second kappa shape index (κ2) is 10.6. The lowest BCUT2D eigenvalue weighted by Crippen LogP contribution is -2.44. The minimum Gasteiger partial charge on any atom is -0.395 e. The van der Waals surface area contributed by atoms with Crippen molar-refractivity contribution < 1.29 is 19.8 Å². The fourth-order valence-corrected chi connectivity index (χ4v) is 4.18. The Kier molecular flexibility index (Phi) is 8.13. The van der Waals surface area contributed by atoms with E-state index in [9.17, 15) is 19.8 Å². The molecule has 2 saturated heterocycles. The Morgan fingerprint density at radius 1 is 1.13 bits per heavy atom. The standard InChI is InChI=1S/C21H27Cl2N3O4/c22-16-3-1-15(13-17(16)23)2-4-20(29)25-8-6-21(30)26(12-11-25)10-9-24-7-5-19(28)18(24)14-27/h1-4,13,18-19,27-28H,5-12,14H2/b4-2+/t18-,19+/m1/s1. The summed E-state index contributed by atoms with van der Waals surface area (Å²) in [7, 11) is 0. The van der Waals surface area contributed by atoms with Crippen molar-refractivity contribution >= 4 is 41.1 Å². The fraction of sp³-hybridized carbons (Fsp3) is 0.524. The van der Waals surface area contributed by atoms with Gasteiger partial charge in [0.2, 0.25) is 11.8 Å². The van der Waals surface area contributed by atoms with Crippen LogP contribution in [0.4, 0.5) is 0 Å². The van der Waals surface area contributed by atoms with Gasteiger partial charge in [0.25, 0.3) is 0 Å². The summed E-state index contributed by atoms with van der Waals surface area (Å²) in [5, 5.41) is 20.2. The second-order valence-corrected chi connectivity index (χ2v) is 8.42. The first-order chi connectivity index (χ1) is 14.4. The van der Waals surface area contributed by atoms with Crippen LogP contribution in [-0.4, -0.2) is 94.7 Å². The van der Waals surface area contributed by atoms with Gasteiger partial charge in [0, 0.05) is 51.8 Å². The Balaban J connectivity index is 1.52. The highest BCUT2D eigenvalue weighted by molar-refractivity contribution is 6.42. The molecule has 1 aromatic carbocycles. The van der Waals surface area contributed by atoms with Crippen LogP contribution in [0.2, 0.25) is 10.0 Å². The van der Waals surface area contributed by atoms with E-state index < -0.39 is 6.10 Å². The van der Waals surface area contributed by atoms with Crippen LogP contribution in [0.25, 0.3) is 6.08 Å². The van der Waals surface area contributed by atoms with Crippen molar-refractivity contribution in [3.8, 4) is 0 Å². The van der Waals surface area contributed by atoms with E-state index in [1.807, 2.05) is 4.90 Å². The number of benzene rings is 1. The van der Waals surface area contributed by atoms with Gasteiger partial charge in [-0.05, 0) is 30.2 Å². The van der Waals surface area contributed by atoms with Gasteiger partial charge in [-0.1, -0.05) is 29.3 Å². The largest absolute Gasteiger partial charge is 0.395 e. The van der Waals surface area contributed by atoms with Crippen molar-refractivity contribution in [1.29, 1.82) is 0 Å². The molecule has 3 rings (SSSR count). The molecular formula is C21H27Cl2N3O4. The fourth-order valence-electron chi connectivity index (χ4n) is 3.88. The van der Waals surface area contributed by atoms with Crippen LogP contribution in [0.5, 0.6) is 0 Å². The minimum absolute atomic E-state index is 0.0130. The van der Waals surface area contributed by atoms with Crippen LogP contribution in [0.3, 0.4) is 0 Å². The van der Waals surface area contributed by atoms with Crippen LogP contribution < -0.4 is 0 Å². The van der Waals surface area contributed by atoms with Gasteiger partial charge in [-0.25, -0.2) is 0 Å². The number of aliphatic hydroxyl groups excluding tert-OH is 2. The Morgan fingerprint density at radius 3 is 2.67 bits per heavy atom. The van der Waals surface area contributed by atoms with Crippen LogP contribution >= 0.6 is 23.2 Å². The first-order valence-corrected chi connectivity index (χ1v) is 10.9. The van der Waals surface area contributed by atoms with Crippen molar-refractivity contribution in [2.45, 2.75) is 25.0 Å². The molecule has 0 spiro atoms. The van der Waals surface area contributed by atoms with E-state index >= 15 is 0 Å². The topological polar surface area (TPSA) is 84.3 Å². The molecule has 0 unspecified atom stereocenters.